The zero-order chi connectivity index (χ0) is 8.55. The lowest BCUT2D eigenvalue weighted by atomic mass is 10.3. The molecule has 1 aromatic heterocycles. The standard InChI is InChI=1S/C10H15NO/c1-7-6-9(7)10-3-2-8(12-10)4-5-11/h2-3,7,9H,4-6,11H2,1H3. The molecule has 0 radical (unpaired) electrons. The Balaban J connectivity index is 2.04. The van der Waals surface area contributed by atoms with Crippen molar-refractivity contribution in [3.63, 3.8) is 0 Å². The van der Waals surface area contributed by atoms with Crippen molar-refractivity contribution < 1.29 is 4.42 Å². The van der Waals surface area contributed by atoms with Gasteiger partial charge >= 0.3 is 0 Å². The molecule has 0 aliphatic heterocycles. The molecule has 66 valence electrons. The van der Waals surface area contributed by atoms with E-state index in [9.17, 15) is 0 Å². The number of rotatable bonds is 3. The fraction of sp³-hybridized carbons (Fsp3) is 0.600. The average molecular weight is 165 g/mol. The van der Waals surface area contributed by atoms with Gasteiger partial charge in [-0.2, -0.15) is 0 Å². The van der Waals surface area contributed by atoms with Crippen LogP contribution in [0.5, 0.6) is 0 Å². The molecule has 0 saturated heterocycles. The van der Waals surface area contributed by atoms with Crippen molar-refractivity contribution in [1.82, 2.24) is 0 Å². The van der Waals surface area contributed by atoms with Gasteiger partial charge < -0.3 is 10.2 Å². The third-order valence-electron chi connectivity index (χ3n) is 2.55. The van der Waals surface area contributed by atoms with Crippen LogP contribution in [0, 0.1) is 5.92 Å². The average Bonchev–Trinajstić information content (AvgIpc) is 2.62. The van der Waals surface area contributed by atoms with Crippen LogP contribution in [0.1, 0.15) is 30.8 Å². The summed E-state index contributed by atoms with van der Waals surface area (Å²) in [6.45, 7) is 2.93. The van der Waals surface area contributed by atoms with Gasteiger partial charge in [0, 0.05) is 12.3 Å². The van der Waals surface area contributed by atoms with Crippen LogP contribution in [0.2, 0.25) is 0 Å². The fourth-order valence-electron chi connectivity index (χ4n) is 1.59. The number of nitrogens with two attached hydrogens (primary N) is 1. The topological polar surface area (TPSA) is 39.2 Å². The van der Waals surface area contributed by atoms with Crippen LogP contribution in [0.25, 0.3) is 0 Å². The first-order valence-corrected chi connectivity index (χ1v) is 4.60. The van der Waals surface area contributed by atoms with Crippen LogP contribution in [0.4, 0.5) is 0 Å². The molecule has 1 aromatic rings. The van der Waals surface area contributed by atoms with Gasteiger partial charge in [-0.15, -0.1) is 0 Å². The van der Waals surface area contributed by atoms with Gasteiger partial charge in [0.25, 0.3) is 0 Å². The minimum atomic E-state index is 0.674. The van der Waals surface area contributed by atoms with Gasteiger partial charge in [0.2, 0.25) is 0 Å². The molecule has 2 atom stereocenters. The van der Waals surface area contributed by atoms with Gasteiger partial charge in [-0.05, 0) is 31.0 Å². The van der Waals surface area contributed by atoms with Gasteiger partial charge in [0.1, 0.15) is 11.5 Å². The molecule has 1 fully saturated rings. The minimum absolute atomic E-state index is 0.674. The lowest BCUT2D eigenvalue weighted by Crippen LogP contribution is -2.01. The monoisotopic (exact) mass is 165 g/mol. The molecule has 1 saturated carbocycles. The van der Waals surface area contributed by atoms with Crippen LogP contribution in [0.3, 0.4) is 0 Å². The quantitative estimate of drug-likeness (QED) is 0.743. The summed E-state index contributed by atoms with van der Waals surface area (Å²) in [5.41, 5.74) is 5.43. The molecule has 0 spiro atoms. The number of hydrogen-bond donors (Lipinski definition) is 1. The highest BCUT2D eigenvalue weighted by molar-refractivity contribution is 5.17. The normalized spacial score (nSPS) is 27.5. The van der Waals surface area contributed by atoms with Crippen molar-refractivity contribution in [1.29, 1.82) is 0 Å². The zero-order valence-corrected chi connectivity index (χ0v) is 7.42. The molecule has 2 N–H and O–H groups in total. The van der Waals surface area contributed by atoms with E-state index >= 15 is 0 Å². The molecule has 0 bridgehead atoms. The van der Waals surface area contributed by atoms with E-state index in [-0.39, 0.29) is 0 Å². The van der Waals surface area contributed by atoms with Crippen LogP contribution in [0.15, 0.2) is 16.5 Å². The SMILES string of the molecule is CC1CC1c1ccc(CCN)o1. The summed E-state index contributed by atoms with van der Waals surface area (Å²) < 4.78 is 5.64. The van der Waals surface area contributed by atoms with E-state index in [1.54, 1.807) is 0 Å². The molecule has 0 aromatic carbocycles. The third kappa shape index (κ3) is 1.39. The molecule has 2 nitrogen and oxygen atoms in total. The van der Waals surface area contributed by atoms with Crippen molar-refractivity contribution in [3.05, 3.63) is 23.7 Å². The second-order valence-corrected chi connectivity index (χ2v) is 3.66. The summed E-state index contributed by atoms with van der Waals surface area (Å²) in [7, 11) is 0. The van der Waals surface area contributed by atoms with Crippen LogP contribution >= 0.6 is 0 Å². The van der Waals surface area contributed by atoms with E-state index in [0.717, 1.165) is 23.9 Å². The molecule has 1 aliphatic carbocycles. The van der Waals surface area contributed by atoms with Gasteiger partial charge in [-0.25, -0.2) is 0 Å². The summed E-state index contributed by atoms with van der Waals surface area (Å²) in [5.74, 6) is 3.70. The summed E-state index contributed by atoms with van der Waals surface area (Å²) in [4.78, 5) is 0. The van der Waals surface area contributed by atoms with E-state index in [4.69, 9.17) is 10.2 Å². The lowest BCUT2D eigenvalue weighted by molar-refractivity contribution is 0.463. The summed E-state index contributed by atoms with van der Waals surface area (Å²) in [6.07, 6.45) is 2.15. The fourth-order valence-corrected chi connectivity index (χ4v) is 1.59. The first kappa shape index (κ1) is 7.87. The predicted molar refractivity (Wildman–Crippen MR) is 48.0 cm³/mol. The van der Waals surface area contributed by atoms with Crippen LogP contribution in [-0.4, -0.2) is 6.54 Å². The second kappa shape index (κ2) is 2.94. The molecule has 12 heavy (non-hydrogen) atoms. The minimum Gasteiger partial charge on any atom is -0.466 e. The van der Waals surface area contributed by atoms with Gasteiger partial charge in [-0.1, -0.05) is 6.92 Å². The van der Waals surface area contributed by atoms with E-state index in [2.05, 4.69) is 13.0 Å². The van der Waals surface area contributed by atoms with E-state index in [0.29, 0.717) is 12.5 Å². The zero-order valence-electron chi connectivity index (χ0n) is 7.42. The number of hydrogen-bond acceptors (Lipinski definition) is 2. The lowest BCUT2D eigenvalue weighted by Gasteiger charge is -1.92. The van der Waals surface area contributed by atoms with E-state index < -0.39 is 0 Å². The van der Waals surface area contributed by atoms with Crippen molar-refractivity contribution in [2.24, 2.45) is 11.7 Å². The Morgan fingerprint density at radius 3 is 2.92 bits per heavy atom. The van der Waals surface area contributed by atoms with Gasteiger partial charge in [0.15, 0.2) is 0 Å². The summed E-state index contributed by atoms with van der Waals surface area (Å²) >= 11 is 0. The number of furan rings is 1. The van der Waals surface area contributed by atoms with Gasteiger partial charge in [0.05, 0.1) is 0 Å². The maximum atomic E-state index is 5.64. The Morgan fingerprint density at radius 1 is 1.58 bits per heavy atom. The summed E-state index contributed by atoms with van der Waals surface area (Å²) in [6, 6.07) is 4.15. The van der Waals surface area contributed by atoms with Crippen molar-refractivity contribution in [2.45, 2.75) is 25.7 Å². The van der Waals surface area contributed by atoms with Crippen molar-refractivity contribution in [2.75, 3.05) is 6.54 Å². The Labute approximate surface area is 72.7 Å². The Bertz CT molecular complexity index is 267. The molecule has 0 amide bonds. The third-order valence-corrected chi connectivity index (χ3v) is 2.55. The molecular weight excluding hydrogens is 150 g/mol. The molecule has 1 aliphatic rings. The highest BCUT2D eigenvalue weighted by Crippen LogP contribution is 2.47. The molecule has 2 heteroatoms. The van der Waals surface area contributed by atoms with Crippen LogP contribution < -0.4 is 5.73 Å². The molecule has 2 rings (SSSR count). The molecule has 2 unspecified atom stereocenters. The predicted octanol–water partition coefficient (Wildman–Crippen LogP) is 1.90. The van der Waals surface area contributed by atoms with E-state index in [1.807, 2.05) is 6.07 Å². The Kier molecular flexibility index (Phi) is 1.93. The van der Waals surface area contributed by atoms with E-state index in [1.165, 1.54) is 6.42 Å². The molecular formula is C10H15NO. The first-order valence-electron chi connectivity index (χ1n) is 4.60. The largest absolute Gasteiger partial charge is 0.466 e. The highest BCUT2D eigenvalue weighted by Gasteiger charge is 2.36. The molecule has 1 heterocycles. The maximum absolute atomic E-state index is 5.64. The Hall–Kier alpha value is -0.760. The van der Waals surface area contributed by atoms with Crippen molar-refractivity contribution in [3.8, 4) is 0 Å². The second-order valence-electron chi connectivity index (χ2n) is 3.66. The Morgan fingerprint density at radius 2 is 2.33 bits per heavy atom. The van der Waals surface area contributed by atoms with Crippen LogP contribution in [-0.2, 0) is 6.42 Å². The first-order chi connectivity index (χ1) is 5.81. The maximum Gasteiger partial charge on any atom is 0.107 e. The van der Waals surface area contributed by atoms with Gasteiger partial charge in [-0.3, -0.25) is 0 Å². The smallest absolute Gasteiger partial charge is 0.107 e. The highest BCUT2D eigenvalue weighted by atomic mass is 16.3. The van der Waals surface area contributed by atoms with Crippen molar-refractivity contribution >= 4 is 0 Å². The summed E-state index contributed by atoms with van der Waals surface area (Å²) in [5, 5.41) is 0.